The average molecular weight is 431 g/mol. The largest absolute Gasteiger partial charge is 0.490 e. The number of aromatic nitrogens is 1. The van der Waals surface area contributed by atoms with Gasteiger partial charge in [0.05, 0.1) is 18.8 Å². The van der Waals surface area contributed by atoms with Gasteiger partial charge in [-0.05, 0) is 68.3 Å². The normalized spacial score (nSPS) is 12.2. The fraction of sp³-hybridized carbons (Fsp3) is 0.240. The number of hydrogen-bond donors (Lipinski definition) is 1. The molecule has 2 amide bonds. The van der Waals surface area contributed by atoms with Gasteiger partial charge in [0.1, 0.15) is 0 Å². The molecule has 32 heavy (non-hydrogen) atoms. The van der Waals surface area contributed by atoms with Crippen molar-refractivity contribution in [3.05, 3.63) is 77.6 Å². The molecular formula is C25H25N3O4. The minimum atomic E-state index is -0.267. The zero-order valence-electron chi connectivity index (χ0n) is 18.1. The van der Waals surface area contributed by atoms with E-state index < -0.39 is 0 Å². The van der Waals surface area contributed by atoms with Gasteiger partial charge in [0.25, 0.3) is 11.8 Å². The topological polar surface area (TPSA) is 80.8 Å². The van der Waals surface area contributed by atoms with Crippen molar-refractivity contribution in [2.75, 3.05) is 30.0 Å². The number of carbonyl (C=O) groups excluding carboxylic acids is 2. The fourth-order valence-electron chi connectivity index (χ4n) is 3.71. The highest BCUT2D eigenvalue weighted by atomic mass is 16.5. The average Bonchev–Trinajstić information content (AvgIpc) is 3.24. The van der Waals surface area contributed by atoms with Crippen LogP contribution in [0.4, 0.5) is 11.4 Å². The number of carbonyl (C=O) groups is 2. The van der Waals surface area contributed by atoms with Crippen molar-refractivity contribution < 1.29 is 19.1 Å². The van der Waals surface area contributed by atoms with Gasteiger partial charge in [-0.15, -0.1) is 0 Å². The first-order valence-corrected chi connectivity index (χ1v) is 10.7. The number of benzene rings is 2. The van der Waals surface area contributed by atoms with Crippen LogP contribution >= 0.6 is 0 Å². The zero-order chi connectivity index (χ0) is 22.5. The summed E-state index contributed by atoms with van der Waals surface area (Å²) in [5, 5.41) is 2.92. The lowest BCUT2D eigenvalue weighted by Crippen LogP contribution is -2.29. The first kappa shape index (κ1) is 21.4. The van der Waals surface area contributed by atoms with Gasteiger partial charge in [-0.1, -0.05) is 6.07 Å². The Morgan fingerprint density at radius 1 is 1.00 bits per heavy atom. The first-order chi connectivity index (χ1) is 15.6. The Labute approximate surface area is 187 Å². The van der Waals surface area contributed by atoms with Gasteiger partial charge < -0.3 is 19.7 Å². The van der Waals surface area contributed by atoms with Gasteiger partial charge in [0.15, 0.2) is 11.5 Å². The molecule has 4 rings (SSSR count). The Morgan fingerprint density at radius 3 is 2.56 bits per heavy atom. The molecule has 0 unspecified atom stereocenters. The summed E-state index contributed by atoms with van der Waals surface area (Å²) in [6.07, 6.45) is 3.97. The molecule has 1 N–H and O–H groups in total. The van der Waals surface area contributed by atoms with Crippen molar-refractivity contribution in [3.63, 3.8) is 0 Å². The number of pyridine rings is 1. The van der Waals surface area contributed by atoms with Crippen LogP contribution in [0.25, 0.3) is 0 Å². The van der Waals surface area contributed by atoms with E-state index in [4.69, 9.17) is 9.47 Å². The van der Waals surface area contributed by atoms with Crippen LogP contribution in [-0.4, -0.2) is 36.6 Å². The second kappa shape index (κ2) is 9.51. The Bertz CT molecular complexity index is 1130. The summed E-state index contributed by atoms with van der Waals surface area (Å²) in [6, 6.07) is 14.3. The molecule has 164 valence electrons. The Morgan fingerprint density at radius 2 is 1.81 bits per heavy atom. The summed E-state index contributed by atoms with van der Waals surface area (Å²) in [6.45, 7) is 5.35. The van der Waals surface area contributed by atoms with Gasteiger partial charge in [0.2, 0.25) is 0 Å². The van der Waals surface area contributed by atoms with Crippen LogP contribution in [0.1, 0.15) is 40.1 Å². The molecule has 0 atom stereocenters. The number of rotatable bonds is 7. The van der Waals surface area contributed by atoms with Crippen molar-refractivity contribution in [1.29, 1.82) is 0 Å². The maximum Gasteiger partial charge on any atom is 0.259 e. The summed E-state index contributed by atoms with van der Waals surface area (Å²) < 4.78 is 11.2. The Balaban J connectivity index is 1.54. The highest BCUT2D eigenvalue weighted by Gasteiger charge is 2.26. The molecule has 2 aromatic carbocycles. The molecule has 0 spiro atoms. The van der Waals surface area contributed by atoms with Crippen molar-refractivity contribution in [3.8, 4) is 11.5 Å². The SMILES string of the molecule is CCOc1ccc(C(=O)Nc2ccc3c(c2)N(C(=O)c2cccnc2)CC3)cc1OCC. The Hall–Kier alpha value is -3.87. The number of nitrogens with one attached hydrogen (secondary N) is 1. The summed E-state index contributed by atoms with van der Waals surface area (Å²) in [5.41, 5.74) is 3.48. The molecule has 2 heterocycles. The molecule has 0 bridgehead atoms. The van der Waals surface area contributed by atoms with Crippen LogP contribution in [0.5, 0.6) is 11.5 Å². The molecule has 3 aromatic rings. The van der Waals surface area contributed by atoms with Gasteiger partial charge >= 0.3 is 0 Å². The second-order valence-electron chi connectivity index (χ2n) is 7.27. The quantitative estimate of drug-likeness (QED) is 0.602. The monoisotopic (exact) mass is 431 g/mol. The lowest BCUT2D eigenvalue weighted by atomic mass is 10.1. The van der Waals surface area contributed by atoms with Gasteiger partial charge in [-0.3, -0.25) is 14.6 Å². The van der Waals surface area contributed by atoms with Gasteiger partial charge in [0, 0.05) is 35.9 Å². The van der Waals surface area contributed by atoms with Crippen LogP contribution in [0, 0.1) is 0 Å². The zero-order valence-corrected chi connectivity index (χ0v) is 18.1. The van der Waals surface area contributed by atoms with E-state index in [9.17, 15) is 9.59 Å². The minimum absolute atomic E-state index is 0.104. The predicted octanol–water partition coefficient (Wildman–Crippen LogP) is 4.33. The standard InChI is InChI=1S/C25H25N3O4/c1-3-31-22-10-8-18(14-23(22)32-4-2)24(29)27-20-9-7-17-11-13-28(21(17)15-20)25(30)19-6-5-12-26-16-19/h5-10,12,14-16H,3-4,11,13H2,1-2H3,(H,27,29). The number of nitrogens with zero attached hydrogens (tertiary/aromatic N) is 2. The van der Waals surface area contributed by atoms with Crippen LogP contribution in [0.15, 0.2) is 60.9 Å². The molecule has 1 aromatic heterocycles. The van der Waals surface area contributed by atoms with Gasteiger partial charge in [-0.2, -0.15) is 0 Å². The van der Waals surface area contributed by atoms with Crippen LogP contribution in [0.2, 0.25) is 0 Å². The van der Waals surface area contributed by atoms with E-state index in [2.05, 4.69) is 10.3 Å². The maximum atomic E-state index is 12.9. The smallest absolute Gasteiger partial charge is 0.259 e. The minimum Gasteiger partial charge on any atom is -0.490 e. The molecule has 7 heteroatoms. The summed E-state index contributed by atoms with van der Waals surface area (Å²) in [5.74, 6) is 0.766. The molecule has 1 aliphatic rings. The molecular weight excluding hydrogens is 406 g/mol. The molecule has 1 aliphatic heterocycles. The highest BCUT2D eigenvalue weighted by molar-refractivity contribution is 6.08. The van der Waals surface area contributed by atoms with E-state index >= 15 is 0 Å². The fourth-order valence-corrected chi connectivity index (χ4v) is 3.71. The highest BCUT2D eigenvalue weighted by Crippen LogP contribution is 2.33. The number of hydrogen-bond acceptors (Lipinski definition) is 5. The molecule has 0 saturated heterocycles. The third-order valence-electron chi connectivity index (χ3n) is 5.20. The van der Waals surface area contributed by atoms with Crippen LogP contribution < -0.4 is 19.7 Å². The maximum absolute atomic E-state index is 12.9. The number of ether oxygens (including phenoxy) is 2. The van der Waals surface area contributed by atoms with Crippen molar-refractivity contribution in [2.24, 2.45) is 0 Å². The van der Waals surface area contributed by atoms with E-state index in [1.807, 2.05) is 32.0 Å². The number of fused-ring (bicyclic) bond motifs is 1. The summed E-state index contributed by atoms with van der Waals surface area (Å²) in [7, 11) is 0. The van der Waals surface area contributed by atoms with E-state index in [0.717, 1.165) is 17.7 Å². The third kappa shape index (κ3) is 4.42. The molecule has 7 nitrogen and oxygen atoms in total. The lowest BCUT2D eigenvalue weighted by Gasteiger charge is -2.18. The number of anilines is 2. The summed E-state index contributed by atoms with van der Waals surface area (Å²) >= 11 is 0. The first-order valence-electron chi connectivity index (χ1n) is 10.7. The summed E-state index contributed by atoms with van der Waals surface area (Å²) in [4.78, 5) is 31.6. The number of amides is 2. The van der Waals surface area contributed by atoms with Crippen molar-refractivity contribution in [2.45, 2.75) is 20.3 Å². The Kier molecular flexibility index (Phi) is 6.35. The van der Waals surface area contributed by atoms with E-state index in [-0.39, 0.29) is 11.8 Å². The molecule has 0 fully saturated rings. The van der Waals surface area contributed by atoms with Crippen LogP contribution in [-0.2, 0) is 6.42 Å². The van der Waals surface area contributed by atoms with Crippen molar-refractivity contribution >= 4 is 23.2 Å². The van der Waals surface area contributed by atoms with E-state index in [0.29, 0.717) is 48.1 Å². The van der Waals surface area contributed by atoms with Crippen molar-refractivity contribution in [1.82, 2.24) is 4.98 Å². The molecule has 0 saturated carbocycles. The molecule has 0 radical (unpaired) electrons. The van der Waals surface area contributed by atoms with E-state index in [1.54, 1.807) is 47.6 Å². The third-order valence-corrected chi connectivity index (χ3v) is 5.20. The van der Waals surface area contributed by atoms with Gasteiger partial charge in [-0.25, -0.2) is 0 Å². The molecule has 0 aliphatic carbocycles. The lowest BCUT2D eigenvalue weighted by molar-refractivity contribution is 0.0987. The second-order valence-corrected chi connectivity index (χ2v) is 7.27. The predicted molar refractivity (Wildman–Crippen MR) is 123 cm³/mol. The van der Waals surface area contributed by atoms with Crippen LogP contribution in [0.3, 0.4) is 0 Å². The van der Waals surface area contributed by atoms with E-state index in [1.165, 1.54) is 0 Å².